The maximum absolute atomic E-state index is 13.0. The van der Waals surface area contributed by atoms with Crippen molar-refractivity contribution in [2.45, 2.75) is 379 Å². The molecular formula is C81H147NO8. The summed E-state index contributed by atoms with van der Waals surface area (Å²) < 4.78 is 22.9. The molecule has 0 aromatic carbocycles. The number of carboxylic acid groups (broad SMARTS) is 1. The predicted molar refractivity (Wildman–Crippen MR) is 385 cm³/mol. The van der Waals surface area contributed by atoms with E-state index in [0.717, 1.165) is 70.6 Å². The summed E-state index contributed by atoms with van der Waals surface area (Å²) in [5.41, 5.74) is 0. The van der Waals surface area contributed by atoms with E-state index in [4.69, 9.17) is 18.9 Å². The summed E-state index contributed by atoms with van der Waals surface area (Å²) in [6.07, 6.45) is 93.0. The zero-order chi connectivity index (χ0) is 65.4. The Morgan fingerprint density at radius 3 is 0.944 bits per heavy atom. The smallest absolute Gasteiger partial charge is 0.306 e. The van der Waals surface area contributed by atoms with Crippen molar-refractivity contribution in [3.05, 3.63) is 72.9 Å². The summed E-state index contributed by atoms with van der Waals surface area (Å²) in [6, 6.07) is 0. The van der Waals surface area contributed by atoms with E-state index >= 15 is 0 Å². The van der Waals surface area contributed by atoms with Crippen LogP contribution in [0.15, 0.2) is 72.9 Å². The molecule has 2 unspecified atom stereocenters. The zero-order valence-corrected chi connectivity index (χ0v) is 60.0. The van der Waals surface area contributed by atoms with Gasteiger partial charge in [-0.25, -0.2) is 0 Å². The molecule has 0 heterocycles. The van der Waals surface area contributed by atoms with Crippen LogP contribution in [0.4, 0.5) is 0 Å². The third-order valence-electron chi connectivity index (χ3n) is 17.2. The normalized spacial score (nSPS) is 13.0. The van der Waals surface area contributed by atoms with Crippen LogP contribution in [0, 0.1) is 0 Å². The molecule has 0 N–H and O–H groups in total. The Labute approximate surface area is 557 Å². The van der Waals surface area contributed by atoms with E-state index in [0.29, 0.717) is 23.9 Å². The summed E-state index contributed by atoms with van der Waals surface area (Å²) in [7, 11) is 5.95. The number of nitrogens with zero attached hydrogens (tertiary/aromatic N) is 1. The van der Waals surface area contributed by atoms with Crippen molar-refractivity contribution in [3.63, 3.8) is 0 Å². The van der Waals surface area contributed by atoms with Gasteiger partial charge in [0.2, 0.25) is 0 Å². The number of likely N-dealkylation sites (N-methyl/N-ethyl adjacent to an activating group) is 1. The van der Waals surface area contributed by atoms with E-state index in [1.165, 1.54) is 263 Å². The second-order valence-electron chi connectivity index (χ2n) is 27.3. The monoisotopic (exact) mass is 1260 g/mol. The summed E-state index contributed by atoms with van der Waals surface area (Å²) >= 11 is 0. The number of quaternary nitrogens is 1. The van der Waals surface area contributed by atoms with Crippen LogP contribution in [0.3, 0.4) is 0 Å². The van der Waals surface area contributed by atoms with Crippen molar-refractivity contribution in [2.75, 3.05) is 47.5 Å². The van der Waals surface area contributed by atoms with Gasteiger partial charge in [-0.2, -0.15) is 0 Å². The molecule has 0 saturated heterocycles. The third kappa shape index (κ3) is 72.2. The number of allylic oxidation sites excluding steroid dienone is 12. The number of aliphatic carboxylic acids is 1. The fraction of sp³-hybridized carbons (Fsp3) is 0.815. The number of ether oxygens (including phenoxy) is 4. The maximum atomic E-state index is 13.0. The van der Waals surface area contributed by atoms with Crippen LogP contribution in [0.2, 0.25) is 0 Å². The second kappa shape index (κ2) is 71.6. The first kappa shape index (κ1) is 86.7. The summed E-state index contributed by atoms with van der Waals surface area (Å²) in [6.45, 7) is 4.70. The van der Waals surface area contributed by atoms with E-state index < -0.39 is 24.3 Å². The van der Waals surface area contributed by atoms with E-state index in [9.17, 15) is 19.5 Å². The first-order valence-corrected chi connectivity index (χ1v) is 38.6. The number of hydrogen-bond acceptors (Lipinski definition) is 8. The first-order chi connectivity index (χ1) is 44.1. The van der Waals surface area contributed by atoms with Gasteiger partial charge >= 0.3 is 11.9 Å². The average Bonchev–Trinajstić information content (AvgIpc) is 3.73. The molecule has 0 aliphatic rings. The summed E-state index contributed by atoms with van der Waals surface area (Å²) in [5.74, 6) is -2.26. The molecule has 0 aromatic rings. The Bertz CT molecular complexity index is 1710. The molecular weight excluding hydrogens is 1110 g/mol. The fourth-order valence-electron chi connectivity index (χ4n) is 11.4. The molecule has 0 amide bonds. The van der Waals surface area contributed by atoms with Gasteiger partial charge in [-0.3, -0.25) is 9.59 Å². The number of esters is 2. The fourth-order valence-corrected chi connectivity index (χ4v) is 11.4. The van der Waals surface area contributed by atoms with Crippen LogP contribution in [0.5, 0.6) is 0 Å². The minimum absolute atomic E-state index is 0.149. The van der Waals surface area contributed by atoms with Crippen molar-refractivity contribution in [1.29, 1.82) is 0 Å². The Hall–Kier alpha value is -3.27. The van der Waals surface area contributed by atoms with Gasteiger partial charge in [0, 0.05) is 12.8 Å². The van der Waals surface area contributed by atoms with E-state index in [2.05, 4.69) is 86.8 Å². The quantitative estimate of drug-likeness (QED) is 0.0195. The lowest BCUT2D eigenvalue weighted by Gasteiger charge is -2.26. The highest BCUT2D eigenvalue weighted by atomic mass is 16.7. The Balaban J connectivity index is 4.03. The predicted octanol–water partition coefficient (Wildman–Crippen LogP) is 23.1. The first-order valence-electron chi connectivity index (χ1n) is 38.6. The van der Waals surface area contributed by atoms with Gasteiger partial charge in [0.05, 0.1) is 40.3 Å². The Kier molecular flexibility index (Phi) is 69.0. The molecule has 0 rings (SSSR count). The number of carbonyl (C=O) groups excluding carboxylic acids is 3. The van der Waals surface area contributed by atoms with Gasteiger partial charge in [0.25, 0.3) is 0 Å². The Morgan fingerprint density at radius 1 is 0.344 bits per heavy atom. The molecule has 0 aliphatic carbocycles. The molecule has 90 heavy (non-hydrogen) atoms. The Morgan fingerprint density at radius 2 is 0.633 bits per heavy atom. The molecule has 0 aliphatic heterocycles. The van der Waals surface area contributed by atoms with Crippen LogP contribution >= 0.6 is 0 Å². The highest BCUT2D eigenvalue weighted by Gasteiger charge is 2.22. The molecule has 524 valence electrons. The SMILES string of the molecule is CC/C=C\C/C=C\C/C=C\C/C=C\C/C=C\C/C=C\CCCCCCCCCCCCCCCCCCC(=O)OC(COC(=O)CCCCCCCCCCCCCCCCCCCCCCCCCCCCCCCC)COC(OCC[N+](C)(C)C)C(=O)[O-]. The van der Waals surface area contributed by atoms with Crippen molar-refractivity contribution in [1.82, 2.24) is 0 Å². The molecule has 9 heteroatoms. The van der Waals surface area contributed by atoms with Gasteiger partial charge < -0.3 is 33.3 Å². The third-order valence-corrected chi connectivity index (χ3v) is 17.2. The van der Waals surface area contributed by atoms with Gasteiger partial charge in [-0.05, 0) is 64.2 Å². The number of rotatable bonds is 72. The van der Waals surface area contributed by atoms with Crippen molar-refractivity contribution in [2.24, 2.45) is 0 Å². The van der Waals surface area contributed by atoms with Crippen molar-refractivity contribution < 1.29 is 42.9 Å². The number of unbranched alkanes of at least 4 members (excludes halogenated alkanes) is 45. The van der Waals surface area contributed by atoms with Gasteiger partial charge in [0.1, 0.15) is 13.2 Å². The molecule has 0 aromatic heterocycles. The van der Waals surface area contributed by atoms with Crippen molar-refractivity contribution in [3.8, 4) is 0 Å². The van der Waals surface area contributed by atoms with Gasteiger partial charge in [-0.15, -0.1) is 0 Å². The largest absolute Gasteiger partial charge is 0.545 e. The van der Waals surface area contributed by atoms with Crippen LogP contribution in [0.25, 0.3) is 0 Å². The molecule has 0 saturated carbocycles. The lowest BCUT2D eigenvalue weighted by atomic mass is 10.0. The number of carbonyl (C=O) groups is 3. The molecule has 0 bridgehead atoms. The van der Waals surface area contributed by atoms with Gasteiger partial charge in [-0.1, -0.05) is 363 Å². The second-order valence-corrected chi connectivity index (χ2v) is 27.3. The minimum atomic E-state index is -1.62. The van der Waals surface area contributed by atoms with Crippen LogP contribution in [-0.4, -0.2) is 82.3 Å². The van der Waals surface area contributed by atoms with E-state index in [-0.39, 0.29) is 32.2 Å². The maximum Gasteiger partial charge on any atom is 0.306 e. The average molecular weight is 1260 g/mol. The highest BCUT2D eigenvalue weighted by Crippen LogP contribution is 2.19. The van der Waals surface area contributed by atoms with Crippen LogP contribution in [-0.2, 0) is 33.3 Å². The number of hydrogen-bond donors (Lipinski definition) is 0. The lowest BCUT2D eigenvalue weighted by molar-refractivity contribution is -0.870. The standard InChI is InChI=1S/C81H147NO8/c1-6-8-10-12-14-16-18-20-22-24-26-28-30-32-34-36-38-39-40-41-42-44-46-48-50-52-54-56-58-60-62-64-66-68-70-72-79(84)90-77(76-89-81(80(85)86)87-74-73-82(3,4)5)75-88-78(83)71-69-67-65-63-61-59-57-55-53-51-49-47-45-43-37-35-33-31-29-27-25-23-21-19-17-15-13-11-9-7-2/h8,10,14,16,20,22,26,28,32,34,38-39,77,81H,6-7,9,11-13,15,17-19,21,23-25,27,29-31,33,35-37,40-76H2,1-5H3/b10-8-,16-14-,22-20-,28-26-,34-32-,39-38-. The summed E-state index contributed by atoms with van der Waals surface area (Å²) in [5, 5.41) is 11.9. The topological polar surface area (TPSA) is 111 Å². The van der Waals surface area contributed by atoms with Gasteiger partial charge in [0.15, 0.2) is 12.4 Å². The number of carboxylic acids is 1. The molecule has 9 nitrogen and oxygen atoms in total. The summed E-state index contributed by atoms with van der Waals surface area (Å²) in [4.78, 5) is 37.6. The molecule has 0 fully saturated rings. The lowest BCUT2D eigenvalue weighted by Crippen LogP contribution is -2.44. The van der Waals surface area contributed by atoms with E-state index in [1.807, 2.05) is 21.1 Å². The van der Waals surface area contributed by atoms with Crippen molar-refractivity contribution >= 4 is 17.9 Å². The van der Waals surface area contributed by atoms with Crippen LogP contribution in [0.1, 0.15) is 367 Å². The molecule has 0 radical (unpaired) electrons. The van der Waals surface area contributed by atoms with E-state index in [1.54, 1.807) is 0 Å². The van der Waals surface area contributed by atoms with Crippen LogP contribution < -0.4 is 5.11 Å². The minimum Gasteiger partial charge on any atom is -0.545 e. The molecule has 0 spiro atoms. The highest BCUT2D eigenvalue weighted by molar-refractivity contribution is 5.70. The zero-order valence-electron chi connectivity index (χ0n) is 60.0. The molecule has 2 atom stereocenters.